The van der Waals surface area contributed by atoms with Gasteiger partial charge in [0.2, 0.25) is 11.8 Å². The van der Waals surface area contributed by atoms with Crippen molar-refractivity contribution in [3.8, 4) is 5.88 Å². The number of ether oxygens (including phenoxy) is 1. The van der Waals surface area contributed by atoms with Crippen LogP contribution in [0.1, 0.15) is 33.1 Å². The zero-order valence-electron chi connectivity index (χ0n) is 12.7. The Morgan fingerprint density at radius 2 is 2.29 bits per heavy atom. The number of anilines is 2. The standard InChI is InChI=1S/C15H24N4O2/c1-3-8-17-14(20)10(2)18-13-7-6-12(16)15(19-13)21-9-11-4-5-11/h6-7,10-11H,3-5,8-9,16H2,1-2H3,(H,17,20)(H,18,19). The van der Waals surface area contributed by atoms with Crippen molar-refractivity contribution in [2.75, 3.05) is 24.2 Å². The number of nitrogens with one attached hydrogen (secondary N) is 2. The first-order valence-corrected chi connectivity index (χ1v) is 7.53. The Bertz CT molecular complexity index is 489. The lowest BCUT2D eigenvalue weighted by atomic mass is 10.3. The van der Waals surface area contributed by atoms with Crippen molar-refractivity contribution in [2.24, 2.45) is 5.92 Å². The highest BCUT2D eigenvalue weighted by molar-refractivity contribution is 5.83. The Hall–Kier alpha value is -1.98. The van der Waals surface area contributed by atoms with Gasteiger partial charge in [0.15, 0.2) is 0 Å². The number of pyridine rings is 1. The van der Waals surface area contributed by atoms with Crippen molar-refractivity contribution in [1.29, 1.82) is 0 Å². The van der Waals surface area contributed by atoms with E-state index in [1.807, 2.05) is 6.92 Å². The molecule has 1 atom stereocenters. The highest BCUT2D eigenvalue weighted by Gasteiger charge is 2.22. The molecule has 2 rings (SSSR count). The number of amides is 1. The Kier molecular flexibility index (Phi) is 5.25. The zero-order valence-corrected chi connectivity index (χ0v) is 12.7. The monoisotopic (exact) mass is 292 g/mol. The molecule has 1 aromatic rings. The fourth-order valence-corrected chi connectivity index (χ4v) is 1.82. The molecule has 0 radical (unpaired) electrons. The lowest BCUT2D eigenvalue weighted by Gasteiger charge is -2.15. The van der Waals surface area contributed by atoms with E-state index < -0.39 is 0 Å². The number of aromatic nitrogens is 1. The van der Waals surface area contributed by atoms with Gasteiger partial charge in [-0.1, -0.05) is 6.92 Å². The summed E-state index contributed by atoms with van der Waals surface area (Å²) in [6.07, 6.45) is 3.34. The molecule has 1 heterocycles. The van der Waals surface area contributed by atoms with Crippen molar-refractivity contribution in [3.63, 3.8) is 0 Å². The molecule has 21 heavy (non-hydrogen) atoms. The van der Waals surface area contributed by atoms with E-state index in [1.54, 1.807) is 19.1 Å². The van der Waals surface area contributed by atoms with Crippen molar-refractivity contribution >= 4 is 17.4 Å². The molecule has 6 heteroatoms. The molecule has 1 saturated carbocycles. The molecule has 0 saturated heterocycles. The summed E-state index contributed by atoms with van der Waals surface area (Å²) in [5, 5.41) is 5.90. The number of carbonyl (C=O) groups is 1. The van der Waals surface area contributed by atoms with Crippen LogP contribution in [0.4, 0.5) is 11.5 Å². The molecular formula is C15H24N4O2. The van der Waals surface area contributed by atoms with E-state index in [-0.39, 0.29) is 11.9 Å². The molecule has 1 aromatic heterocycles. The Morgan fingerprint density at radius 1 is 1.52 bits per heavy atom. The van der Waals surface area contributed by atoms with Crippen molar-refractivity contribution in [3.05, 3.63) is 12.1 Å². The minimum absolute atomic E-state index is 0.0454. The second-order valence-corrected chi connectivity index (χ2v) is 5.50. The topological polar surface area (TPSA) is 89.3 Å². The van der Waals surface area contributed by atoms with E-state index >= 15 is 0 Å². The van der Waals surface area contributed by atoms with Gasteiger partial charge in [-0.05, 0) is 44.2 Å². The molecule has 1 amide bonds. The van der Waals surface area contributed by atoms with E-state index in [0.717, 1.165) is 6.42 Å². The molecule has 1 unspecified atom stereocenters. The first-order chi connectivity index (χ1) is 10.1. The van der Waals surface area contributed by atoms with Crippen LogP contribution in [-0.4, -0.2) is 30.1 Å². The SMILES string of the molecule is CCCNC(=O)C(C)Nc1ccc(N)c(OCC2CC2)n1. The second kappa shape index (κ2) is 7.15. The maximum atomic E-state index is 11.8. The van der Waals surface area contributed by atoms with Crippen LogP contribution < -0.4 is 21.1 Å². The van der Waals surface area contributed by atoms with Gasteiger partial charge in [-0.25, -0.2) is 0 Å². The largest absolute Gasteiger partial charge is 0.476 e. The average Bonchev–Trinajstić information content (AvgIpc) is 3.29. The molecule has 0 bridgehead atoms. The van der Waals surface area contributed by atoms with Crippen LogP contribution in [-0.2, 0) is 4.79 Å². The summed E-state index contributed by atoms with van der Waals surface area (Å²) in [7, 11) is 0. The van der Waals surface area contributed by atoms with Gasteiger partial charge in [0, 0.05) is 6.54 Å². The molecular weight excluding hydrogens is 268 g/mol. The van der Waals surface area contributed by atoms with Gasteiger partial charge in [0.1, 0.15) is 11.9 Å². The van der Waals surface area contributed by atoms with Gasteiger partial charge in [0.25, 0.3) is 0 Å². The van der Waals surface area contributed by atoms with Crippen LogP contribution in [0.3, 0.4) is 0 Å². The van der Waals surface area contributed by atoms with Crippen LogP contribution in [0.2, 0.25) is 0 Å². The Balaban J connectivity index is 1.92. The molecule has 4 N–H and O–H groups in total. The maximum Gasteiger partial charge on any atom is 0.242 e. The van der Waals surface area contributed by atoms with Gasteiger partial charge < -0.3 is 21.1 Å². The third-order valence-electron chi connectivity index (χ3n) is 3.35. The van der Waals surface area contributed by atoms with Gasteiger partial charge in [-0.3, -0.25) is 4.79 Å². The third-order valence-corrected chi connectivity index (χ3v) is 3.35. The first-order valence-electron chi connectivity index (χ1n) is 7.53. The molecule has 1 fully saturated rings. The zero-order chi connectivity index (χ0) is 15.2. The summed E-state index contributed by atoms with van der Waals surface area (Å²) >= 11 is 0. The summed E-state index contributed by atoms with van der Waals surface area (Å²) in [6.45, 7) is 5.15. The van der Waals surface area contributed by atoms with E-state index in [1.165, 1.54) is 12.8 Å². The fraction of sp³-hybridized carbons (Fsp3) is 0.600. The van der Waals surface area contributed by atoms with Crippen LogP contribution in [0.25, 0.3) is 0 Å². The summed E-state index contributed by atoms with van der Waals surface area (Å²) in [5.41, 5.74) is 6.38. The molecule has 0 aromatic carbocycles. The van der Waals surface area contributed by atoms with Crippen LogP contribution in [0, 0.1) is 5.92 Å². The molecule has 6 nitrogen and oxygen atoms in total. The van der Waals surface area contributed by atoms with Crippen LogP contribution >= 0.6 is 0 Å². The van der Waals surface area contributed by atoms with Gasteiger partial charge >= 0.3 is 0 Å². The third kappa shape index (κ3) is 4.81. The number of nitrogens with zero attached hydrogens (tertiary/aromatic N) is 1. The Labute approximate surface area is 125 Å². The van der Waals surface area contributed by atoms with E-state index in [2.05, 4.69) is 15.6 Å². The van der Waals surface area contributed by atoms with Gasteiger partial charge in [0.05, 0.1) is 12.3 Å². The van der Waals surface area contributed by atoms with Gasteiger partial charge in [-0.2, -0.15) is 4.98 Å². The highest BCUT2D eigenvalue weighted by Crippen LogP contribution is 2.30. The normalized spacial score (nSPS) is 15.3. The molecule has 116 valence electrons. The summed E-state index contributed by atoms with van der Waals surface area (Å²) in [6, 6.07) is 3.14. The number of hydrogen-bond acceptors (Lipinski definition) is 5. The predicted molar refractivity (Wildman–Crippen MR) is 83.3 cm³/mol. The Morgan fingerprint density at radius 3 is 2.95 bits per heavy atom. The highest BCUT2D eigenvalue weighted by atomic mass is 16.5. The van der Waals surface area contributed by atoms with E-state index in [9.17, 15) is 4.79 Å². The molecule has 0 spiro atoms. The average molecular weight is 292 g/mol. The van der Waals surface area contributed by atoms with Crippen molar-refractivity contribution in [1.82, 2.24) is 10.3 Å². The predicted octanol–water partition coefficient (Wildman–Crippen LogP) is 1.78. The van der Waals surface area contributed by atoms with Gasteiger partial charge in [-0.15, -0.1) is 0 Å². The van der Waals surface area contributed by atoms with E-state index in [4.69, 9.17) is 10.5 Å². The lowest BCUT2D eigenvalue weighted by Crippen LogP contribution is -2.38. The van der Waals surface area contributed by atoms with Crippen LogP contribution in [0.5, 0.6) is 5.88 Å². The lowest BCUT2D eigenvalue weighted by molar-refractivity contribution is -0.121. The quantitative estimate of drug-likeness (QED) is 0.679. The number of carbonyl (C=O) groups excluding carboxylic acids is 1. The number of hydrogen-bond donors (Lipinski definition) is 3. The summed E-state index contributed by atoms with van der Waals surface area (Å²) in [4.78, 5) is 16.2. The minimum Gasteiger partial charge on any atom is -0.476 e. The first kappa shape index (κ1) is 15.4. The minimum atomic E-state index is -0.357. The van der Waals surface area contributed by atoms with Crippen molar-refractivity contribution in [2.45, 2.75) is 39.2 Å². The second-order valence-electron chi connectivity index (χ2n) is 5.50. The molecule has 1 aliphatic rings. The maximum absolute atomic E-state index is 11.8. The summed E-state index contributed by atoms with van der Waals surface area (Å²) in [5.74, 6) is 1.62. The molecule has 1 aliphatic carbocycles. The molecule has 0 aliphatic heterocycles. The number of nitrogen functional groups attached to an aromatic ring is 1. The number of rotatable bonds is 8. The fourth-order valence-electron chi connectivity index (χ4n) is 1.82. The van der Waals surface area contributed by atoms with Crippen LogP contribution in [0.15, 0.2) is 12.1 Å². The van der Waals surface area contributed by atoms with E-state index in [0.29, 0.717) is 36.5 Å². The van der Waals surface area contributed by atoms with Crippen molar-refractivity contribution < 1.29 is 9.53 Å². The number of nitrogens with two attached hydrogens (primary N) is 1. The summed E-state index contributed by atoms with van der Waals surface area (Å²) < 4.78 is 5.63. The smallest absolute Gasteiger partial charge is 0.242 e.